The number of anilines is 1. The first kappa shape index (κ1) is 36.8. The first-order valence-corrected chi connectivity index (χ1v) is 20.2. The number of aliphatic hydroxyl groups is 1. The molecule has 12 heteroatoms. The molecule has 1 aliphatic rings. The summed E-state index contributed by atoms with van der Waals surface area (Å²) in [7, 11) is 0.704. The maximum absolute atomic E-state index is 17.2. The van der Waals surface area contributed by atoms with Crippen LogP contribution < -0.4 is 14.4 Å². The minimum absolute atomic E-state index is 0.0162. The first-order valence-electron chi connectivity index (χ1n) is 16.7. The van der Waals surface area contributed by atoms with Crippen LogP contribution in [0.25, 0.3) is 32.9 Å². The van der Waals surface area contributed by atoms with Gasteiger partial charge in [0.15, 0.2) is 17.8 Å². The summed E-state index contributed by atoms with van der Waals surface area (Å²) < 4.78 is 50.0. The van der Waals surface area contributed by atoms with Gasteiger partial charge in [0.1, 0.15) is 42.1 Å². The highest BCUT2D eigenvalue weighted by Gasteiger charge is 2.42. The number of halogens is 2. The Hall–Kier alpha value is -3.50. The zero-order chi connectivity index (χ0) is 35.6. The van der Waals surface area contributed by atoms with Gasteiger partial charge in [0.2, 0.25) is 5.88 Å². The molecule has 4 aromatic rings. The van der Waals surface area contributed by atoms with Gasteiger partial charge < -0.3 is 24.2 Å². The number of aliphatic hydroxyl groups excluding tert-OH is 1. The van der Waals surface area contributed by atoms with Crippen molar-refractivity contribution in [2.45, 2.75) is 82.3 Å². The smallest absolute Gasteiger partial charge is 0.227 e. The molecule has 1 fully saturated rings. The van der Waals surface area contributed by atoms with Crippen LogP contribution in [0.3, 0.4) is 0 Å². The average Bonchev–Trinajstić information content (AvgIpc) is 3.07. The number of pyridine rings is 1. The Kier molecular flexibility index (Phi) is 11.4. The van der Waals surface area contributed by atoms with Gasteiger partial charge in [-0.3, -0.25) is 0 Å². The summed E-state index contributed by atoms with van der Waals surface area (Å²) in [5, 5.41) is 12.2. The number of hydrogen-bond acceptors (Lipinski definition) is 9. The van der Waals surface area contributed by atoms with Crippen molar-refractivity contribution in [3.05, 3.63) is 41.5 Å². The normalized spacial score (nSPS) is 15.4. The number of methoxy groups -OCH3 is 2. The molecule has 0 aliphatic carbocycles. The highest BCUT2D eigenvalue weighted by Crippen LogP contribution is 2.44. The standard InChI is InChI=1S/C37H46F2N4O4SSi/c1-21(2)49(22(3)4,23(5)6)16-14-27-29(38)13-12-24-17-26(47-20-45-7)18-28(30(24)27)33-32(39)34-31(36(40-33)46-8)35(42-37(41-34)48-9)43-15-10-11-25(44)19-43/h12-13,17-18,21-23,25,44H,10-11,15,19-20H2,1-9H3/t25-/m1/s1. The Morgan fingerprint density at radius 1 is 1.02 bits per heavy atom. The molecule has 0 saturated carbocycles. The molecule has 49 heavy (non-hydrogen) atoms. The summed E-state index contributed by atoms with van der Waals surface area (Å²) in [6.07, 6.45) is 2.70. The van der Waals surface area contributed by atoms with E-state index in [9.17, 15) is 5.11 Å². The topological polar surface area (TPSA) is 89.8 Å². The number of fused-ring (bicyclic) bond motifs is 2. The van der Waals surface area contributed by atoms with Crippen LogP contribution in [0, 0.1) is 23.1 Å². The van der Waals surface area contributed by atoms with E-state index in [-0.39, 0.29) is 35.0 Å². The van der Waals surface area contributed by atoms with Crippen LogP contribution in [0.15, 0.2) is 29.4 Å². The van der Waals surface area contributed by atoms with Gasteiger partial charge in [0.05, 0.1) is 18.8 Å². The predicted octanol–water partition coefficient (Wildman–Crippen LogP) is 8.37. The van der Waals surface area contributed by atoms with Crippen molar-refractivity contribution in [3.8, 4) is 34.4 Å². The van der Waals surface area contributed by atoms with Crippen molar-refractivity contribution in [1.29, 1.82) is 0 Å². The lowest BCUT2D eigenvalue weighted by atomic mass is 9.95. The number of ether oxygens (including phenoxy) is 3. The number of nitrogens with zero attached hydrogens (tertiary/aromatic N) is 4. The van der Waals surface area contributed by atoms with Crippen LogP contribution in [0.5, 0.6) is 11.6 Å². The highest BCUT2D eigenvalue weighted by molar-refractivity contribution is 7.98. The molecule has 1 atom stereocenters. The molecule has 5 rings (SSSR count). The third-order valence-corrected chi connectivity index (χ3v) is 16.5. The third-order valence-electron chi connectivity index (χ3n) is 9.69. The van der Waals surface area contributed by atoms with Gasteiger partial charge in [-0.2, -0.15) is 0 Å². The van der Waals surface area contributed by atoms with E-state index in [4.69, 9.17) is 24.2 Å². The summed E-state index contributed by atoms with van der Waals surface area (Å²) >= 11 is 1.28. The lowest BCUT2D eigenvalue weighted by Crippen LogP contribution is -2.43. The van der Waals surface area contributed by atoms with Gasteiger partial charge in [-0.1, -0.05) is 65.3 Å². The Labute approximate surface area is 293 Å². The van der Waals surface area contributed by atoms with Crippen LogP contribution in [-0.4, -0.2) is 74.6 Å². The van der Waals surface area contributed by atoms with Crippen molar-refractivity contribution in [2.75, 3.05) is 45.3 Å². The van der Waals surface area contributed by atoms with E-state index >= 15 is 8.78 Å². The average molecular weight is 709 g/mol. The fourth-order valence-corrected chi connectivity index (χ4v) is 13.0. The maximum Gasteiger partial charge on any atom is 0.227 e. The first-order chi connectivity index (χ1) is 23.4. The molecule has 0 radical (unpaired) electrons. The number of hydrogen-bond donors (Lipinski definition) is 1. The van der Waals surface area contributed by atoms with E-state index in [1.807, 2.05) is 11.2 Å². The van der Waals surface area contributed by atoms with Crippen LogP contribution in [0.1, 0.15) is 59.9 Å². The van der Waals surface area contributed by atoms with E-state index in [0.717, 1.165) is 6.42 Å². The molecule has 8 nitrogen and oxygen atoms in total. The lowest BCUT2D eigenvalue weighted by molar-refractivity contribution is 0.0512. The second kappa shape index (κ2) is 15.2. The van der Waals surface area contributed by atoms with E-state index in [1.54, 1.807) is 18.2 Å². The van der Waals surface area contributed by atoms with Gasteiger partial charge in [0.25, 0.3) is 0 Å². The predicted molar refractivity (Wildman–Crippen MR) is 196 cm³/mol. The van der Waals surface area contributed by atoms with Crippen molar-refractivity contribution in [2.24, 2.45) is 0 Å². The molecule has 3 heterocycles. The third kappa shape index (κ3) is 6.95. The molecule has 2 aromatic heterocycles. The quantitative estimate of drug-likeness (QED) is 0.0574. The number of benzene rings is 2. The molecule has 262 valence electrons. The molecule has 0 bridgehead atoms. The minimum Gasteiger partial charge on any atom is -0.480 e. The van der Waals surface area contributed by atoms with E-state index < -0.39 is 25.8 Å². The number of β-amino-alcohol motifs (C(OH)–C–C–N with tert-alkyl or cyclic N) is 1. The van der Waals surface area contributed by atoms with Gasteiger partial charge >= 0.3 is 0 Å². The number of rotatable bonds is 10. The van der Waals surface area contributed by atoms with E-state index in [1.165, 1.54) is 32.0 Å². The summed E-state index contributed by atoms with van der Waals surface area (Å²) in [5.41, 5.74) is 5.04. The second-order valence-corrected chi connectivity index (χ2v) is 19.8. The molecule has 2 aromatic carbocycles. The van der Waals surface area contributed by atoms with Crippen LogP contribution in [0.2, 0.25) is 16.6 Å². The number of thioether (sulfide) groups is 1. The molecule has 1 saturated heterocycles. The fourth-order valence-electron chi connectivity index (χ4n) is 7.43. The van der Waals surface area contributed by atoms with Crippen LogP contribution in [0.4, 0.5) is 14.6 Å². The monoisotopic (exact) mass is 708 g/mol. The van der Waals surface area contributed by atoms with Crippen LogP contribution in [-0.2, 0) is 4.74 Å². The maximum atomic E-state index is 17.2. The lowest BCUT2D eigenvalue weighted by Gasteiger charge is -2.38. The van der Waals surface area contributed by atoms with Crippen molar-refractivity contribution >= 4 is 47.3 Å². The zero-order valence-corrected chi connectivity index (χ0v) is 31.6. The zero-order valence-electron chi connectivity index (χ0n) is 29.8. The molecule has 0 spiro atoms. The van der Waals surface area contributed by atoms with Crippen LogP contribution >= 0.6 is 11.8 Å². The largest absolute Gasteiger partial charge is 0.480 e. The Bertz CT molecular complexity index is 1890. The molecule has 0 unspecified atom stereocenters. The number of piperidine rings is 1. The summed E-state index contributed by atoms with van der Waals surface area (Å²) in [6.45, 7) is 14.1. The van der Waals surface area contributed by atoms with Gasteiger partial charge in [-0.15, -0.1) is 5.54 Å². The van der Waals surface area contributed by atoms with E-state index in [2.05, 4.69) is 58.0 Å². The van der Waals surface area contributed by atoms with Crippen molar-refractivity contribution < 1.29 is 28.1 Å². The molecular weight excluding hydrogens is 663 g/mol. The molecular formula is C37H46F2N4O4SSi. The molecule has 0 amide bonds. The van der Waals surface area contributed by atoms with Crippen molar-refractivity contribution in [3.63, 3.8) is 0 Å². The Balaban J connectivity index is 1.88. The SMILES string of the molecule is COCOc1cc(-c2nc(OC)c3c(N4CCC[C@@H](O)C4)nc(SC)nc3c2F)c2c(C#C[Si](C(C)C)(C(C)C)C(C)C)c(F)ccc2c1. The van der Waals surface area contributed by atoms with Gasteiger partial charge in [0, 0.05) is 31.1 Å². The summed E-state index contributed by atoms with van der Waals surface area (Å²) in [4.78, 5) is 16.0. The number of aromatic nitrogens is 3. The fraction of sp³-hybridized carbons (Fsp3) is 0.486. The van der Waals surface area contributed by atoms with Gasteiger partial charge in [-0.05, 0) is 59.3 Å². The Morgan fingerprint density at radius 3 is 2.35 bits per heavy atom. The van der Waals surface area contributed by atoms with Crippen molar-refractivity contribution in [1.82, 2.24) is 15.0 Å². The second-order valence-electron chi connectivity index (χ2n) is 13.5. The van der Waals surface area contributed by atoms with E-state index in [0.29, 0.717) is 69.0 Å². The summed E-state index contributed by atoms with van der Waals surface area (Å²) in [6, 6.07) is 6.44. The molecule has 1 N–H and O–H groups in total. The molecule has 1 aliphatic heterocycles. The highest BCUT2D eigenvalue weighted by atomic mass is 32.2. The minimum atomic E-state index is -2.27. The summed E-state index contributed by atoms with van der Waals surface area (Å²) in [5.74, 6) is 3.03. The van der Waals surface area contributed by atoms with Gasteiger partial charge in [-0.25, -0.2) is 23.7 Å². The Morgan fingerprint density at radius 2 is 1.73 bits per heavy atom.